The molecule has 0 aliphatic heterocycles. The lowest BCUT2D eigenvalue weighted by Crippen LogP contribution is -2.25. The quantitative estimate of drug-likeness (QED) is 0.610. The van der Waals surface area contributed by atoms with E-state index in [-0.39, 0.29) is 0 Å². The van der Waals surface area contributed by atoms with Crippen LogP contribution in [0.3, 0.4) is 0 Å². The van der Waals surface area contributed by atoms with Gasteiger partial charge in [-0.3, -0.25) is 0 Å². The molecular weight excluding hydrogens is 318 g/mol. The van der Waals surface area contributed by atoms with Crippen molar-refractivity contribution in [3.63, 3.8) is 0 Å². The molecule has 0 saturated heterocycles. The van der Waals surface area contributed by atoms with Crippen LogP contribution in [0.4, 0.5) is 4.79 Å². The molecule has 1 amide bonds. The number of hydrogen-bond donors (Lipinski definition) is 0. The average Bonchev–Trinajstić information content (AvgIpc) is 2.61. The molecule has 2 rings (SSSR count). The van der Waals surface area contributed by atoms with Crippen molar-refractivity contribution in [1.29, 1.82) is 0 Å². The van der Waals surface area contributed by atoms with Gasteiger partial charge in [-0.05, 0) is 18.6 Å². The molecule has 0 radical (unpaired) electrons. The second-order valence-corrected chi connectivity index (χ2v) is 5.44. The number of amides is 1. The molecule has 0 aliphatic rings. The number of hydrogen-bond acceptors (Lipinski definition) is 4. The van der Waals surface area contributed by atoms with Crippen LogP contribution in [0.15, 0.2) is 54.6 Å². The van der Waals surface area contributed by atoms with Crippen molar-refractivity contribution in [3.05, 3.63) is 60.2 Å². The van der Waals surface area contributed by atoms with E-state index in [4.69, 9.17) is 9.47 Å². The zero-order valence-corrected chi connectivity index (χ0v) is 14.6. The molecule has 0 spiro atoms. The Kier molecular flexibility index (Phi) is 6.34. The molecule has 2 aromatic carbocycles. The minimum atomic E-state index is -0.492. The van der Waals surface area contributed by atoms with Gasteiger partial charge in [-0.2, -0.15) is 0 Å². The summed E-state index contributed by atoms with van der Waals surface area (Å²) >= 11 is 0. The molecule has 0 N–H and O–H groups in total. The third kappa shape index (κ3) is 4.94. The lowest BCUT2D eigenvalue weighted by Gasteiger charge is -2.16. The van der Waals surface area contributed by atoms with E-state index in [1.54, 1.807) is 33.2 Å². The van der Waals surface area contributed by atoms with Gasteiger partial charge in [0.2, 0.25) is 0 Å². The van der Waals surface area contributed by atoms with Gasteiger partial charge in [0, 0.05) is 31.3 Å². The highest BCUT2D eigenvalue weighted by atomic mass is 16.6. The Morgan fingerprint density at radius 2 is 1.76 bits per heavy atom. The number of carbonyl (C=O) groups is 2. The monoisotopic (exact) mass is 339 g/mol. The van der Waals surface area contributed by atoms with Crippen LogP contribution in [0.5, 0.6) is 5.75 Å². The summed E-state index contributed by atoms with van der Waals surface area (Å²) in [6, 6.07) is 15.1. The van der Waals surface area contributed by atoms with Gasteiger partial charge in [0.15, 0.2) is 0 Å². The van der Waals surface area contributed by atoms with Crippen LogP contribution in [0.2, 0.25) is 0 Å². The summed E-state index contributed by atoms with van der Waals surface area (Å²) in [5.41, 5.74) is 2.29. The van der Waals surface area contributed by atoms with Gasteiger partial charge < -0.3 is 14.4 Å². The van der Waals surface area contributed by atoms with Gasteiger partial charge in [-0.15, -0.1) is 0 Å². The number of rotatable bonds is 5. The maximum absolute atomic E-state index is 12.1. The Labute approximate surface area is 147 Å². The standard InChI is InChI=1S/C20H21NO4/c1-4-24-18(22)14-13-16-11-8-12-17(15-9-6-5-7-10-15)19(16)25-20(23)21(2)3/h5-14H,4H2,1-3H3/b14-13+. The molecule has 0 fully saturated rings. The zero-order chi connectivity index (χ0) is 18.2. The van der Waals surface area contributed by atoms with E-state index in [0.717, 1.165) is 11.1 Å². The van der Waals surface area contributed by atoms with Gasteiger partial charge in [0.25, 0.3) is 0 Å². The highest BCUT2D eigenvalue weighted by Gasteiger charge is 2.15. The molecule has 130 valence electrons. The summed E-state index contributed by atoms with van der Waals surface area (Å²) < 4.78 is 10.5. The van der Waals surface area contributed by atoms with Crippen LogP contribution in [-0.2, 0) is 9.53 Å². The summed E-state index contributed by atoms with van der Waals surface area (Å²) in [5.74, 6) is -0.0505. The summed E-state index contributed by atoms with van der Waals surface area (Å²) in [6.07, 6.45) is 2.41. The second kappa shape index (κ2) is 8.68. The fourth-order valence-electron chi connectivity index (χ4n) is 2.17. The van der Waals surface area contributed by atoms with Gasteiger partial charge in [0.1, 0.15) is 5.75 Å². The van der Waals surface area contributed by atoms with Crippen molar-refractivity contribution in [3.8, 4) is 16.9 Å². The number of ether oxygens (including phenoxy) is 2. The Bertz CT molecular complexity index is 767. The number of nitrogens with zero attached hydrogens (tertiary/aromatic N) is 1. The molecule has 0 bridgehead atoms. The van der Waals surface area contributed by atoms with Crippen LogP contribution >= 0.6 is 0 Å². The van der Waals surface area contributed by atoms with Crippen molar-refractivity contribution in [2.75, 3.05) is 20.7 Å². The SMILES string of the molecule is CCOC(=O)/C=C/c1cccc(-c2ccccc2)c1OC(=O)N(C)C. The largest absolute Gasteiger partial charge is 0.463 e. The van der Waals surface area contributed by atoms with Crippen LogP contribution in [0.25, 0.3) is 17.2 Å². The highest BCUT2D eigenvalue weighted by Crippen LogP contribution is 2.34. The number of para-hydroxylation sites is 1. The third-order valence-corrected chi connectivity index (χ3v) is 3.37. The Hall–Kier alpha value is -3.08. The van der Waals surface area contributed by atoms with Crippen molar-refractivity contribution < 1.29 is 19.1 Å². The molecule has 0 saturated carbocycles. The van der Waals surface area contributed by atoms with Gasteiger partial charge in [-0.25, -0.2) is 9.59 Å². The third-order valence-electron chi connectivity index (χ3n) is 3.37. The van der Waals surface area contributed by atoms with Gasteiger partial charge >= 0.3 is 12.1 Å². The molecule has 25 heavy (non-hydrogen) atoms. The first-order chi connectivity index (χ1) is 12.0. The average molecular weight is 339 g/mol. The van der Waals surface area contributed by atoms with E-state index in [2.05, 4.69) is 0 Å². The Balaban J connectivity index is 2.48. The molecule has 0 unspecified atom stereocenters. The second-order valence-electron chi connectivity index (χ2n) is 5.44. The maximum atomic E-state index is 12.1. The molecular formula is C20H21NO4. The minimum absolute atomic E-state index is 0.301. The van der Waals surface area contributed by atoms with Gasteiger partial charge in [0.05, 0.1) is 6.61 Å². The predicted molar refractivity (Wildman–Crippen MR) is 97.3 cm³/mol. The van der Waals surface area contributed by atoms with Crippen molar-refractivity contribution >= 4 is 18.1 Å². The van der Waals surface area contributed by atoms with Crippen molar-refractivity contribution in [2.45, 2.75) is 6.92 Å². The van der Waals surface area contributed by atoms with Crippen LogP contribution in [-0.4, -0.2) is 37.7 Å². The maximum Gasteiger partial charge on any atom is 0.414 e. The van der Waals surface area contributed by atoms with E-state index >= 15 is 0 Å². The van der Waals surface area contributed by atoms with E-state index in [1.165, 1.54) is 11.0 Å². The van der Waals surface area contributed by atoms with E-state index in [1.807, 2.05) is 42.5 Å². The first kappa shape index (κ1) is 18.3. The summed E-state index contributed by atoms with van der Waals surface area (Å²) in [4.78, 5) is 25.0. The molecule has 5 nitrogen and oxygen atoms in total. The zero-order valence-electron chi connectivity index (χ0n) is 14.6. The molecule has 0 heterocycles. The fraction of sp³-hybridized carbons (Fsp3) is 0.200. The van der Waals surface area contributed by atoms with Gasteiger partial charge in [-0.1, -0.05) is 48.5 Å². The Morgan fingerprint density at radius 1 is 1.04 bits per heavy atom. The normalized spacial score (nSPS) is 10.5. The van der Waals surface area contributed by atoms with E-state index in [0.29, 0.717) is 17.9 Å². The number of esters is 1. The lowest BCUT2D eigenvalue weighted by molar-refractivity contribution is -0.137. The summed E-state index contributed by atoms with van der Waals surface area (Å²) in [7, 11) is 3.23. The first-order valence-electron chi connectivity index (χ1n) is 7.95. The highest BCUT2D eigenvalue weighted by molar-refractivity contribution is 5.89. The predicted octanol–water partition coefficient (Wildman–Crippen LogP) is 3.99. The molecule has 5 heteroatoms. The van der Waals surface area contributed by atoms with Crippen molar-refractivity contribution in [2.24, 2.45) is 0 Å². The van der Waals surface area contributed by atoms with Crippen molar-refractivity contribution in [1.82, 2.24) is 4.90 Å². The van der Waals surface area contributed by atoms with Crippen LogP contribution < -0.4 is 4.74 Å². The smallest absolute Gasteiger partial charge is 0.414 e. The van der Waals surface area contributed by atoms with E-state index < -0.39 is 12.1 Å². The summed E-state index contributed by atoms with van der Waals surface area (Å²) in [6.45, 7) is 2.04. The van der Waals surface area contributed by atoms with E-state index in [9.17, 15) is 9.59 Å². The Morgan fingerprint density at radius 3 is 2.40 bits per heavy atom. The number of carbonyl (C=O) groups excluding carboxylic acids is 2. The topological polar surface area (TPSA) is 55.8 Å². The molecule has 0 aromatic heterocycles. The number of benzene rings is 2. The summed E-state index contributed by atoms with van der Waals surface area (Å²) in [5, 5.41) is 0. The molecule has 0 atom stereocenters. The molecule has 0 aliphatic carbocycles. The fourth-order valence-corrected chi connectivity index (χ4v) is 2.17. The first-order valence-corrected chi connectivity index (χ1v) is 7.95. The van der Waals surface area contributed by atoms with Crippen LogP contribution in [0, 0.1) is 0 Å². The van der Waals surface area contributed by atoms with Crippen LogP contribution in [0.1, 0.15) is 12.5 Å². The minimum Gasteiger partial charge on any atom is -0.463 e. The lowest BCUT2D eigenvalue weighted by atomic mass is 10.0. The molecule has 2 aromatic rings.